The second-order valence-electron chi connectivity index (χ2n) is 3.74. The number of amides is 1. The fourth-order valence-corrected chi connectivity index (χ4v) is 1.88. The molecule has 0 unspecified atom stereocenters. The molecule has 4 heteroatoms. The number of nitrogens with zero attached hydrogens (tertiary/aromatic N) is 1. The summed E-state index contributed by atoms with van der Waals surface area (Å²) in [4.78, 5) is 11.2. The fourth-order valence-electron chi connectivity index (χ4n) is 1.88. The highest BCUT2D eigenvalue weighted by Gasteiger charge is 2.21. The Morgan fingerprint density at radius 3 is 3.00 bits per heavy atom. The Labute approximate surface area is 95.0 Å². The summed E-state index contributed by atoms with van der Waals surface area (Å²) >= 11 is 0. The van der Waals surface area contributed by atoms with E-state index in [9.17, 15) is 4.79 Å². The number of hydrogen-bond acceptors (Lipinski definition) is 2. The number of benzene rings is 1. The van der Waals surface area contributed by atoms with E-state index in [0.717, 1.165) is 24.9 Å². The van der Waals surface area contributed by atoms with Crippen molar-refractivity contribution in [3.8, 4) is 5.75 Å². The summed E-state index contributed by atoms with van der Waals surface area (Å²) in [6.45, 7) is 0.902. The van der Waals surface area contributed by atoms with Crippen molar-refractivity contribution in [2.75, 3.05) is 13.6 Å². The van der Waals surface area contributed by atoms with Crippen LogP contribution < -0.4 is 15.4 Å². The molecule has 16 heavy (non-hydrogen) atoms. The zero-order chi connectivity index (χ0) is 11.4. The molecular formula is C12H15N2O2. The Kier molecular flexibility index (Phi) is 3.41. The monoisotopic (exact) mass is 219 g/mol. The summed E-state index contributed by atoms with van der Waals surface area (Å²) in [6, 6.07) is 7.76. The maximum absolute atomic E-state index is 11.2. The number of hydrogen-bond donors (Lipinski definition) is 1. The first kappa shape index (κ1) is 11.0. The molecule has 1 aliphatic rings. The minimum absolute atomic E-state index is 0.181. The summed E-state index contributed by atoms with van der Waals surface area (Å²) in [6.07, 6.45) is 1.71. The average molecular weight is 219 g/mol. The molecule has 1 saturated heterocycles. The van der Waals surface area contributed by atoms with E-state index in [1.165, 1.54) is 0 Å². The largest absolute Gasteiger partial charge is 0.412 e. The van der Waals surface area contributed by atoms with Crippen LogP contribution in [0.15, 0.2) is 24.3 Å². The van der Waals surface area contributed by atoms with Gasteiger partial charge in [-0.15, -0.1) is 0 Å². The van der Waals surface area contributed by atoms with Crippen molar-refractivity contribution in [1.82, 2.24) is 10.6 Å². The minimum atomic E-state index is -0.439. The van der Waals surface area contributed by atoms with E-state index in [0.29, 0.717) is 5.75 Å². The molecule has 1 aliphatic heterocycles. The zero-order valence-electron chi connectivity index (χ0n) is 9.27. The lowest BCUT2D eigenvalue weighted by Gasteiger charge is -2.14. The quantitative estimate of drug-likeness (QED) is 0.825. The average Bonchev–Trinajstić information content (AvgIpc) is 2.83. The zero-order valence-corrected chi connectivity index (χ0v) is 9.27. The van der Waals surface area contributed by atoms with Crippen molar-refractivity contribution in [3.63, 3.8) is 0 Å². The van der Waals surface area contributed by atoms with Gasteiger partial charge in [-0.2, -0.15) is 0 Å². The van der Waals surface area contributed by atoms with E-state index in [2.05, 4.69) is 10.6 Å². The molecule has 1 fully saturated rings. The molecule has 4 nitrogen and oxygen atoms in total. The Balaban J connectivity index is 2.19. The van der Waals surface area contributed by atoms with Crippen LogP contribution in [0.2, 0.25) is 0 Å². The van der Waals surface area contributed by atoms with E-state index < -0.39 is 6.09 Å². The molecule has 85 valence electrons. The maximum Gasteiger partial charge on any atom is 0.412 e. The molecule has 0 spiro atoms. The number of nitrogens with one attached hydrogen (secondary N) is 1. The summed E-state index contributed by atoms with van der Waals surface area (Å²) in [5.74, 6) is 0.609. The van der Waals surface area contributed by atoms with Crippen LogP contribution in [-0.2, 0) is 0 Å². The number of para-hydroxylation sites is 1. The first-order valence-corrected chi connectivity index (χ1v) is 5.46. The SMILES string of the molecule is CNC(=O)Oc1ccccc1[C@@H]1CCC[N]1. The molecule has 2 rings (SSSR count). The van der Waals surface area contributed by atoms with Crippen molar-refractivity contribution in [3.05, 3.63) is 29.8 Å². The molecular weight excluding hydrogens is 204 g/mol. The van der Waals surface area contributed by atoms with E-state index in [-0.39, 0.29) is 6.04 Å². The Morgan fingerprint density at radius 1 is 1.50 bits per heavy atom. The van der Waals surface area contributed by atoms with Crippen LogP contribution in [0.1, 0.15) is 24.4 Å². The van der Waals surface area contributed by atoms with Gasteiger partial charge >= 0.3 is 6.09 Å². The Hall–Kier alpha value is -1.55. The molecule has 1 atom stereocenters. The van der Waals surface area contributed by atoms with E-state index in [4.69, 9.17) is 4.74 Å². The molecule has 1 aromatic carbocycles. The van der Waals surface area contributed by atoms with Crippen LogP contribution in [0.5, 0.6) is 5.75 Å². The Morgan fingerprint density at radius 2 is 2.31 bits per heavy atom. The van der Waals surface area contributed by atoms with Gasteiger partial charge in [-0.25, -0.2) is 10.1 Å². The van der Waals surface area contributed by atoms with E-state index in [1.807, 2.05) is 18.2 Å². The first-order chi connectivity index (χ1) is 7.81. The number of rotatable bonds is 2. The van der Waals surface area contributed by atoms with Crippen LogP contribution in [0, 0.1) is 0 Å². The van der Waals surface area contributed by atoms with Crippen LogP contribution >= 0.6 is 0 Å². The summed E-state index contributed by atoms with van der Waals surface area (Å²) < 4.78 is 5.20. The van der Waals surface area contributed by atoms with Gasteiger partial charge in [-0.3, -0.25) is 0 Å². The highest BCUT2D eigenvalue weighted by molar-refractivity contribution is 5.70. The topological polar surface area (TPSA) is 52.4 Å². The third kappa shape index (κ3) is 2.33. The van der Waals surface area contributed by atoms with Gasteiger partial charge in [0.25, 0.3) is 0 Å². The Bertz CT molecular complexity index is 373. The van der Waals surface area contributed by atoms with Crippen LogP contribution in [0.3, 0.4) is 0 Å². The molecule has 0 bridgehead atoms. The van der Waals surface area contributed by atoms with Gasteiger partial charge in [0.15, 0.2) is 0 Å². The number of ether oxygens (including phenoxy) is 1. The van der Waals surface area contributed by atoms with Crippen molar-refractivity contribution in [1.29, 1.82) is 0 Å². The van der Waals surface area contributed by atoms with Crippen molar-refractivity contribution in [2.24, 2.45) is 0 Å². The summed E-state index contributed by atoms with van der Waals surface area (Å²) in [7, 11) is 1.55. The lowest BCUT2D eigenvalue weighted by atomic mass is 10.0. The third-order valence-corrected chi connectivity index (χ3v) is 2.67. The van der Waals surface area contributed by atoms with Gasteiger partial charge in [0.1, 0.15) is 5.75 Å². The number of carbonyl (C=O) groups is 1. The predicted octanol–water partition coefficient (Wildman–Crippen LogP) is 1.84. The number of carbonyl (C=O) groups excluding carboxylic acids is 1. The summed E-state index contributed by atoms with van der Waals surface area (Å²) in [5, 5.41) is 6.93. The molecule has 0 saturated carbocycles. The molecule has 1 N–H and O–H groups in total. The third-order valence-electron chi connectivity index (χ3n) is 2.67. The molecule has 1 heterocycles. The summed E-state index contributed by atoms with van der Waals surface area (Å²) in [5.41, 5.74) is 1.00. The van der Waals surface area contributed by atoms with Crippen molar-refractivity contribution >= 4 is 6.09 Å². The van der Waals surface area contributed by atoms with E-state index >= 15 is 0 Å². The first-order valence-electron chi connectivity index (χ1n) is 5.46. The fraction of sp³-hybridized carbons (Fsp3) is 0.417. The maximum atomic E-state index is 11.2. The second kappa shape index (κ2) is 4.99. The van der Waals surface area contributed by atoms with Gasteiger partial charge in [0.2, 0.25) is 0 Å². The van der Waals surface area contributed by atoms with Crippen molar-refractivity contribution in [2.45, 2.75) is 18.9 Å². The second-order valence-corrected chi connectivity index (χ2v) is 3.74. The smallest absolute Gasteiger partial charge is 0.410 e. The van der Waals surface area contributed by atoms with Crippen LogP contribution in [-0.4, -0.2) is 19.7 Å². The van der Waals surface area contributed by atoms with Gasteiger partial charge in [0, 0.05) is 19.2 Å². The lowest BCUT2D eigenvalue weighted by molar-refractivity contribution is 0.202. The van der Waals surface area contributed by atoms with Gasteiger partial charge < -0.3 is 10.1 Å². The molecule has 1 radical (unpaired) electrons. The standard InChI is InChI=1S/C12H15N2O2/c1-13-12(15)16-11-7-3-2-5-9(11)10-6-4-8-14-10/h2-3,5,7,10H,4,6,8H2,1H3,(H,13,15)/t10-/m0/s1. The van der Waals surface area contributed by atoms with Crippen LogP contribution in [0.25, 0.3) is 0 Å². The van der Waals surface area contributed by atoms with Gasteiger partial charge in [-0.05, 0) is 18.9 Å². The van der Waals surface area contributed by atoms with Crippen LogP contribution in [0.4, 0.5) is 4.79 Å². The highest BCUT2D eigenvalue weighted by atomic mass is 16.6. The lowest BCUT2D eigenvalue weighted by Crippen LogP contribution is -2.23. The van der Waals surface area contributed by atoms with E-state index in [1.54, 1.807) is 13.1 Å². The van der Waals surface area contributed by atoms with Gasteiger partial charge in [-0.1, -0.05) is 18.2 Å². The molecule has 0 aliphatic carbocycles. The normalized spacial score (nSPS) is 19.4. The van der Waals surface area contributed by atoms with Crippen molar-refractivity contribution < 1.29 is 9.53 Å². The predicted molar refractivity (Wildman–Crippen MR) is 60.5 cm³/mol. The minimum Gasteiger partial charge on any atom is -0.410 e. The molecule has 1 amide bonds. The molecule has 1 aromatic rings. The van der Waals surface area contributed by atoms with Gasteiger partial charge in [0.05, 0.1) is 6.04 Å². The molecule has 0 aromatic heterocycles. The highest BCUT2D eigenvalue weighted by Crippen LogP contribution is 2.31.